The first-order valence-corrected chi connectivity index (χ1v) is 12.3. The van der Waals surface area contributed by atoms with E-state index >= 15 is 0 Å². The van der Waals surface area contributed by atoms with Crippen LogP contribution in [0.25, 0.3) is 0 Å². The maximum atomic E-state index is 5.52. The minimum atomic E-state index is 0.797. The highest BCUT2D eigenvalue weighted by molar-refractivity contribution is 9.10. The SMILES string of the molecule is COc1ccc(Br)cc1CSc1nccnc1N1CCN(C2CCCCC2)CC1. The number of aromatic nitrogens is 2. The summed E-state index contributed by atoms with van der Waals surface area (Å²) in [5, 5.41) is 1.00. The van der Waals surface area contributed by atoms with Gasteiger partial charge in [-0.2, -0.15) is 0 Å². The van der Waals surface area contributed by atoms with Gasteiger partial charge in [-0.05, 0) is 31.0 Å². The van der Waals surface area contributed by atoms with Crippen LogP contribution < -0.4 is 9.64 Å². The summed E-state index contributed by atoms with van der Waals surface area (Å²) in [6.45, 7) is 4.32. The molecule has 1 aromatic carbocycles. The van der Waals surface area contributed by atoms with Crippen LogP contribution in [0.3, 0.4) is 0 Å². The molecule has 0 atom stereocenters. The van der Waals surface area contributed by atoms with Crippen LogP contribution in [0.2, 0.25) is 0 Å². The molecule has 2 aromatic rings. The van der Waals surface area contributed by atoms with Crippen molar-refractivity contribution in [2.75, 3.05) is 38.2 Å². The first kappa shape index (κ1) is 20.9. The molecule has 0 N–H and O–H groups in total. The van der Waals surface area contributed by atoms with Crippen LogP contribution >= 0.6 is 27.7 Å². The second kappa shape index (κ2) is 10.1. The Kier molecular flexibility index (Phi) is 7.32. The number of hydrogen-bond acceptors (Lipinski definition) is 6. The van der Waals surface area contributed by atoms with Gasteiger partial charge in [0.15, 0.2) is 5.82 Å². The van der Waals surface area contributed by atoms with Crippen LogP contribution in [0, 0.1) is 0 Å². The number of hydrogen-bond donors (Lipinski definition) is 0. The Morgan fingerprint density at radius 2 is 1.83 bits per heavy atom. The fraction of sp³-hybridized carbons (Fsp3) is 0.545. The van der Waals surface area contributed by atoms with E-state index in [1.807, 2.05) is 18.3 Å². The summed E-state index contributed by atoms with van der Waals surface area (Å²) >= 11 is 5.29. The van der Waals surface area contributed by atoms with E-state index in [1.54, 1.807) is 25.1 Å². The van der Waals surface area contributed by atoms with Crippen molar-refractivity contribution < 1.29 is 4.74 Å². The molecule has 29 heavy (non-hydrogen) atoms. The Morgan fingerprint density at radius 3 is 2.59 bits per heavy atom. The molecule has 7 heteroatoms. The number of methoxy groups -OCH3 is 1. The normalized spacial score (nSPS) is 18.8. The lowest BCUT2D eigenvalue weighted by molar-refractivity contribution is 0.147. The van der Waals surface area contributed by atoms with E-state index in [2.05, 4.69) is 36.8 Å². The fourth-order valence-corrected chi connectivity index (χ4v) is 5.76. The third kappa shape index (κ3) is 5.25. The number of thioether (sulfide) groups is 1. The van der Waals surface area contributed by atoms with E-state index in [-0.39, 0.29) is 0 Å². The molecule has 2 heterocycles. The molecule has 4 rings (SSSR count). The lowest BCUT2D eigenvalue weighted by Gasteiger charge is -2.41. The van der Waals surface area contributed by atoms with Gasteiger partial charge < -0.3 is 9.64 Å². The van der Waals surface area contributed by atoms with Crippen LogP contribution in [-0.2, 0) is 5.75 Å². The first-order chi connectivity index (χ1) is 14.2. The number of piperazine rings is 1. The predicted octanol–water partition coefficient (Wildman–Crippen LogP) is 4.99. The van der Waals surface area contributed by atoms with Crippen molar-refractivity contribution >= 4 is 33.5 Å². The zero-order valence-electron chi connectivity index (χ0n) is 17.0. The number of anilines is 1. The second-order valence-electron chi connectivity index (χ2n) is 7.74. The maximum Gasteiger partial charge on any atom is 0.161 e. The van der Waals surface area contributed by atoms with Crippen LogP contribution in [0.15, 0.2) is 40.1 Å². The van der Waals surface area contributed by atoms with Crippen LogP contribution in [0.4, 0.5) is 5.82 Å². The summed E-state index contributed by atoms with van der Waals surface area (Å²) in [5.41, 5.74) is 1.16. The van der Waals surface area contributed by atoms with Gasteiger partial charge in [-0.3, -0.25) is 4.90 Å². The molecule has 0 bridgehead atoms. The molecule has 0 amide bonds. The number of nitrogens with zero attached hydrogens (tertiary/aromatic N) is 4. The van der Waals surface area contributed by atoms with Crippen molar-refractivity contribution in [2.24, 2.45) is 0 Å². The molecule has 5 nitrogen and oxygen atoms in total. The topological polar surface area (TPSA) is 41.5 Å². The fourth-order valence-electron chi connectivity index (χ4n) is 4.39. The highest BCUT2D eigenvalue weighted by atomic mass is 79.9. The molecule has 156 valence electrons. The highest BCUT2D eigenvalue weighted by Gasteiger charge is 2.26. The van der Waals surface area contributed by atoms with Gasteiger partial charge in [0, 0.05) is 60.4 Å². The number of rotatable bonds is 6. The van der Waals surface area contributed by atoms with E-state index in [1.165, 1.54) is 32.1 Å². The summed E-state index contributed by atoms with van der Waals surface area (Å²) < 4.78 is 6.58. The van der Waals surface area contributed by atoms with Crippen LogP contribution in [0.1, 0.15) is 37.7 Å². The third-order valence-electron chi connectivity index (χ3n) is 5.96. The van der Waals surface area contributed by atoms with E-state index in [0.29, 0.717) is 0 Å². The smallest absolute Gasteiger partial charge is 0.161 e. The molecule has 1 aliphatic heterocycles. The summed E-state index contributed by atoms with van der Waals surface area (Å²) in [5.74, 6) is 2.73. The molecule has 1 saturated heterocycles. The molecular formula is C22H29BrN4OS. The van der Waals surface area contributed by atoms with Gasteiger partial charge in [0.1, 0.15) is 10.8 Å². The van der Waals surface area contributed by atoms with Crippen molar-refractivity contribution in [3.63, 3.8) is 0 Å². The van der Waals surface area contributed by atoms with Crippen LogP contribution in [0.5, 0.6) is 5.75 Å². The predicted molar refractivity (Wildman–Crippen MR) is 123 cm³/mol. The van der Waals surface area contributed by atoms with Crippen molar-refractivity contribution in [3.05, 3.63) is 40.6 Å². The standard InChI is InChI=1S/C22H29BrN4OS/c1-28-20-8-7-18(23)15-17(20)16-29-22-21(24-9-10-25-22)27-13-11-26(12-14-27)19-5-3-2-4-6-19/h7-10,15,19H,2-6,11-14,16H2,1H3. The molecule has 0 spiro atoms. The minimum absolute atomic E-state index is 0.797. The molecule has 1 saturated carbocycles. The van der Waals surface area contributed by atoms with Gasteiger partial charge in [0.05, 0.1) is 7.11 Å². The van der Waals surface area contributed by atoms with Crippen molar-refractivity contribution in [1.29, 1.82) is 0 Å². The van der Waals surface area contributed by atoms with Gasteiger partial charge in [-0.15, -0.1) is 0 Å². The van der Waals surface area contributed by atoms with Crippen LogP contribution in [-0.4, -0.2) is 54.2 Å². The number of halogens is 1. The Bertz CT molecular complexity index is 807. The molecule has 2 aliphatic rings. The first-order valence-electron chi connectivity index (χ1n) is 10.5. The third-order valence-corrected chi connectivity index (χ3v) is 7.47. The van der Waals surface area contributed by atoms with Gasteiger partial charge in [-0.1, -0.05) is 47.0 Å². The molecule has 0 radical (unpaired) electrons. The largest absolute Gasteiger partial charge is 0.496 e. The zero-order valence-corrected chi connectivity index (χ0v) is 19.4. The zero-order chi connectivity index (χ0) is 20.1. The van der Waals surface area contributed by atoms with Crippen molar-refractivity contribution in [1.82, 2.24) is 14.9 Å². The van der Waals surface area contributed by atoms with E-state index in [4.69, 9.17) is 9.72 Å². The summed E-state index contributed by atoms with van der Waals surface area (Å²) in [4.78, 5) is 14.5. The Labute approximate surface area is 186 Å². The maximum absolute atomic E-state index is 5.52. The quantitative estimate of drug-likeness (QED) is 0.546. The average Bonchev–Trinajstić information content (AvgIpc) is 2.79. The summed E-state index contributed by atoms with van der Waals surface area (Å²) in [6.07, 6.45) is 10.6. The minimum Gasteiger partial charge on any atom is -0.496 e. The lowest BCUT2D eigenvalue weighted by atomic mass is 9.94. The summed E-state index contributed by atoms with van der Waals surface area (Å²) in [7, 11) is 1.72. The summed E-state index contributed by atoms with van der Waals surface area (Å²) in [6, 6.07) is 6.92. The van der Waals surface area contributed by atoms with E-state index in [0.717, 1.165) is 64.6 Å². The Morgan fingerprint density at radius 1 is 1.07 bits per heavy atom. The molecule has 1 aromatic heterocycles. The Balaban J connectivity index is 1.41. The molecular weight excluding hydrogens is 448 g/mol. The van der Waals surface area contributed by atoms with Gasteiger partial charge in [-0.25, -0.2) is 9.97 Å². The molecule has 0 unspecified atom stereocenters. The van der Waals surface area contributed by atoms with Gasteiger partial charge in [0.25, 0.3) is 0 Å². The van der Waals surface area contributed by atoms with E-state index < -0.39 is 0 Å². The number of ether oxygens (including phenoxy) is 1. The molecule has 2 fully saturated rings. The average molecular weight is 477 g/mol. The second-order valence-corrected chi connectivity index (χ2v) is 9.62. The van der Waals surface area contributed by atoms with E-state index in [9.17, 15) is 0 Å². The van der Waals surface area contributed by atoms with Crippen molar-refractivity contribution in [2.45, 2.75) is 48.9 Å². The monoisotopic (exact) mass is 476 g/mol. The number of benzene rings is 1. The lowest BCUT2D eigenvalue weighted by Crippen LogP contribution is -2.51. The highest BCUT2D eigenvalue weighted by Crippen LogP contribution is 2.33. The Hall–Kier alpha value is -1.31. The molecule has 1 aliphatic carbocycles. The van der Waals surface area contributed by atoms with Gasteiger partial charge in [0.2, 0.25) is 0 Å². The van der Waals surface area contributed by atoms with Gasteiger partial charge >= 0.3 is 0 Å². The van der Waals surface area contributed by atoms with Crippen molar-refractivity contribution in [3.8, 4) is 5.75 Å².